The van der Waals surface area contributed by atoms with Crippen LogP contribution < -0.4 is 11.2 Å². The van der Waals surface area contributed by atoms with E-state index in [4.69, 9.17) is 11.6 Å². The van der Waals surface area contributed by atoms with Gasteiger partial charge < -0.3 is 0 Å². The fraction of sp³-hybridized carbons (Fsp3) is 0.429. The Labute approximate surface area is 125 Å². The molecule has 4 nitrogen and oxygen atoms in total. The second kappa shape index (κ2) is 5.58. The average Bonchev–Trinajstić information content (AvgIpc) is 3.07. The van der Waals surface area contributed by atoms with Gasteiger partial charge in [0.05, 0.1) is 12.1 Å². The van der Waals surface area contributed by atoms with E-state index in [-0.39, 0.29) is 16.6 Å². The summed E-state index contributed by atoms with van der Waals surface area (Å²) in [4.78, 5) is 28.2. The summed E-state index contributed by atoms with van der Waals surface area (Å²) < 4.78 is 1.26. The Morgan fingerprint density at radius 2 is 2.10 bits per heavy atom. The molecule has 0 aliphatic heterocycles. The Bertz CT molecular complexity index is 712. The Kier molecular flexibility index (Phi) is 3.81. The van der Waals surface area contributed by atoms with Crippen LogP contribution in [0.1, 0.15) is 42.0 Å². The van der Waals surface area contributed by atoms with Crippen LogP contribution in [0.25, 0.3) is 0 Å². The number of aromatic nitrogens is 2. The van der Waals surface area contributed by atoms with Gasteiger partial charge in [-0.1, -0.05) is 30.5 Å². The zero-order chi connectivity index (χ0) is 14.1. The molecule has 20 heavy (non-hydrogen) atoms. The first-order valence-electron chi connectivity index (χ1n) is 6.71. The van der Waals surface area contributed by atoms with E-state index in [0.717, 1.165) is 30.6 Å². The second-order valence-corrected chi connectivity index (χ2v) is 6.52. The van der Waals surface area contributed by atoms with Crippen LogP contribution in [0.5, 0.6) is 0 Å². The molecule has 0 spiro atoms. The molecule has 1 N–H and O–H groups in total. The van der Waals surface area contributed by atoms with Crippen LogP contribution in [0.15, 0.2) is 27.1 Å². The quantitative estimate of drug-likeness (QED) is 0.886. The molecule has 0 unspecified atom stereocenters. The molecule has 1 saturated carbocycles. The van der Waals surface area contributed by atoms with Crippen molar-refractivity contribution < 1.29 is 0 Å². The van der Waals surface area contributed by atoms with Crippen LogP contribution in [-0.2, 0) is 6.54 Å². The molecular weight excluding hydrogens is 296 g/mol. The fourth-order valence-corrected chi connectivity index (χ4v) is 3.84. The van der Waals surface area contributed by atoms with Gasteiger partial charge >= 0.3 is 5.69 Å². The maximum atomic E-state index is 12.6. The zero-order valence-electron chi connectivity index (χ0n) is 10.9. The zero-order valence-corrected chi connectivity index (χ0v) is 12.5. The third-order valence-corrected chi connectivity index (χ3v) is 4.99. The highest BCUT2D eigenvalue weighted by Gasteiger charge is 2.25. The number of H-pyrrole nitrogens is 1. The smallest absolute Gasteiger partial charge is 0.297 e. The van der Waals surface area contributed by atoms with E-state index in [9.17, 15) is 9.59 Å². The summed E-state index contributed by atoms with van der Waals surface area (Å²) in [6.45, 7) is 0.308. The highest BCUT2D eigenvalue weighted by Crippen LogP contribution is 2.34. The normalized spacial score (nSPS) is 15.8. The lowest BCUT2D eigenvalue weighted by atomic mass is 10.0. The Hall–Kier alpha value is -1.33. The maximum absolute atomic E-state index is 12.6. The Morgan fingerprint density at radius 1 is 1.35 bits per heavy atom. The molecule has 0 amide bonds. The average molecular weight is 311 g/mol. The Balaban J connectivity index is 2.08. The van der Waals surface area contributed by atoms with E-state index < -0.39 is 5.69 Å². The molecule has 0 atom stereocenters. The number of hydrogen-bond acceptors (Lipinski definition) is 3. The molecule has 1 fully saturated rings. The largest absolute Gasteiger partial charge is 0.329 e. The number of thiophene rings is 1. The van der Waals surface area contributed by atoms with Crippen molar-refractivity contribution >= 4 is 22.9 Å². The van der Waals surface area contributed by atoms with Crippen molar-refractivity contribution in [1.82, 2.24) is 9.55 Å². The van der Waals surface area contributed by atoms with E-state index in [1.165, 1.54) is 15.9 Å². The lowest BCUT2D eigenvalue weighted by Gasteiger charge is -2.13. The minimum Gasteiger partial charge on any atom is -0.297 e. The topological polar surface area (TPSA) is 54.9 Å². The minimum atomic E-state index is -0.435. The van der Waals surface area contributed by atoms with Gasteiger partial charge in [0.1, 0.15) is 5.15 Å². The highest BCUT2D eigenvalue weighted by molar-refractivity contribution is 7.09. The first-order chi connectivity index (χ1) is 9.66. The summed E-state index contributed by atoms with van der Waals surface area (Å²) >= 11 is 7.63. The summed E-state index contributed by atoms with van der Waals surface area (Å²) in [5.41, 5.74) is -0.0884. The maximum Gasteiger partial charge on any atom is 0.329 e. The van der Waals surface area contributed by atoms with Gasteiger partial charge in [-0.15, -0.1) is 11.3 Å². The number of rotatable bonds is 3. The van der Waals surface area contributed by atoms with Crippen molar-refractivity contribution in [2.75, 3.05) is 0 Å². The molecule has 0 bridgehead atoms. The molecule has 3 rings (SSSR count). The SMILES string of the molecule is O=c1[nH]c(Cl)c(C2CCCC2)c(=O)n1Cc1cccs1. The number of nitrogens with zero attached hydrogens (tertiary/aromatic N) is 1. The molecule has 0 aromatic carbocycles. The third kappa shape index (κ3) is 2.47. The molecule has 6 heteroatoms. The predicted octanol–water partition coefficient (Wildman–Crippen LogP) is 2.96. The van der Waals surface area contributed by atoms with Crippen LogP contribution in [0.4, 0.5) is 0 Å². The van der Waals surface area contributed by atoms with Gasteiger partial charge in [0, 0.05) is 4.88 Å². The molecule has 2 aromatic rings. The Morgan fingerprint density at radius 3 is 2.75 bits per heavy atom. The molecule has 1 aliphatic carbocycles. The fourth-order valence-electron chi connectivity index (χ4n) is 2.83. The van der Waals surface area contributed by atoms with E-state index in [1.54, 1.807) is 0 Å². The van der Waals surface area contributed by atoms with Crippen molar-refractivity contribution in [2.24, 2.45) is 0 Å². The van der Waals surface area contributed by atoms with Gasteiger partial charge in [0.2, 0.25) is 0 Å². The van der Waals surface area contributed by atoms with Gasteiger partial charge in [-0.2, -0.15) is 0 Å². The van der Waals surface area contributed by atoms with Crippen molar-refractivity contribution in [3.8, 4) is 0 Å². The van der Waals surface area contributed by atoms with Crippen LogP contribution in [0, 0.1) is 0 Å². The van der Waals surface area contributed by atoms with Gasteiger partial charge in [0.25, 0.3) is 5.56 Å². The van der Waals surface area contributed by atoms with E-state index in [1.807, 2.05) is 17.5 Å². The molecule has 2 aromatic heterocycles. The van der Waals surface area contributed by atoms with E-state index in [0.29, 0.717) is 12.1 Å². The molecule has 2 heterocycles. The number of nitrogens with one attached hydrogen (secondary N) is 1. The predicted molar refractivity (Wildman–Crippen MR) is 81.0 cm³/mol. The van der Waals surface area contributed by atoms with Gasteiger partial charge in [-0.3, -0.25) is 14.3 Å². The van der Waals surface area contributed by atoms with Gasteiger partial charge in [-0.05, 0) is 30.2 Å². The number of halogens is 1. The third-order valence-electron chi connectivity index (χ3n) is 3.83. The van der Waals surface area contributed by atoms with Crippen molar-refractivity contribution in [3.05, 3.63) is 53.9 Å². The van der Waals surface area contributed by atoms with Crippen LogP contribution in [0.3, 0.4) is 0 Å². The standard InChI is InChI=1S/C14H15ClN2O2S/c15-12-11(9-4-1-2-5-9)13(18)17(14(19)16-12)8-10-6-3-7-20-10/h3,6-7,9H,1-2,4-5,8H2,(H,16,19). The lowest BCUT2D eigenvalue weighted by Crippen LogP contribution is -2.38. The molecule has 106 valence electrons. The van der Waals surface area contributed by atoms with Crippen molar-refractivity contribution in [3.63, 3.8) is 0 Å². The molecule has 0 radical (unpaired) electrons. The molecule has 0 saturated heterocycles. The number of hydrogen-bond donors (Lipinski definition) is 1. The summed E-state index contributed by atoms with van der Waals surface area (Å²) in [5, 5.41) is 2.15. The van der Waals surface area contributed by atoms with Gasteiger partial charge in [0.15, 0.2) is 0 Å². The highest BCUT2D eigenvalue weighted by atomic mass is 35.5. The first kappa shape index (κ1) is 13.6. The first-order valence-corrected chi connectivity index (χ1v) is 7.97. The van der Waals surface area contributed by atoms with Crippen LogP contribution >= 0.6 is 22.9 Å². The second-order valence-electron chi connectivity index (χ2n) is 5.11. The van der Waals surface area contributed by atoms with Crippen molar-refractivity contribution in [2.45, 2.75) is 38.1 Å². The van der Waals surface area contributed by atoms with Gasteiger partial charge in [-0.25, -0.2) is 4.79 Å². The lowest BCUT2D eigenvalue weighted by molar-refractivity contribution is 0.644. The minimum absolute atomic E-state index is 0.182. The molecular formula is C14H15ClN2O2S. The summed E-state index contributed by atoms with van der Waals surface area (Å²) in [7, 11) is 0. The summed E-state index contributed by atoms with van der Waals surface area (Å²) in [6, 6.07) is 3.83. The van der Waals surface area contributed by atoms with Crippen LogP contribution in [-0.4, -0.2) is 9.55 Å². The van der Waals surface area contributed by atoms with E-state index in [2.05, 4.69) is 4.98 Å². The monoisotopic (exact) mass is 310 g/mol. The molecule has 1 aliphatic rings. The number of aromatic amines is 1. The van der Waals surface area contributed by atoms with E-state index >= 15 is 0 Å². The van der Waals surface area contributed by atoms with Crippen molar-refractivity contribution in [1.29, 1.82) is 0 Å². The van der Waals surface area contributed by atoms with Crippen LogP contribution in [0.2, 0.25) is 5.15 Å². The summed E-state index contributed by atoms with van der Waals surface area (Å²) in [5.74, 6) is 0.182. The summed E-state index contributed by atoms with van der Waals surface area (Å²) in [6.07, 6.45) is 4.18.